The number of amides is 2. The average Bonchev–Trinajstić information content (AvgIpc) is 3.17. The molecule has 7 heteroatoms. The number of benzene rings is 3. The highest BCUT2D eigenvalue weighted by Crippen LogP contribution is 2.21. The Bertz CT molecular complexity index is 1310. The van der Waals surface area contributed by atoms with Crippen molar-refractivity contribution in [3.8, 4) is 11.4 Å². The Labute approximate surface area is 192 Å². The Morgan fingerprint density at radius 3 is 2.30 bits per heavy atom. The zero-order valence-corrected chi connectivity index (χ0v) is 18.6. The number of anilines is 2. The molecule has 0 saturated heterocycles. The Balaban J connectivity index is 1.50. The number of nitrogens with one attached hydrogen (secondary N) is 2. The van der Waals surface area contributed by atoms with Gasteiger partial charge in [-0.2, -0.15) is 5.10 Å². The number of aryl methyl sites for hydroxylation is 2. The van der Waals surface area contributed by atoms with E-state index in [1.54, 1.807) is 67.8 Å². The number of ether oxygens (including phenoxy) is 1. The second-order valence-electron chi connectivity index (χ2n) is 7.57. The molecule has 0 saturated carbocycles. The van der Waals surface area contributed by atoms with Crippen LogP contribution in [0.25, 0.3) is 5.69 Å². The summed E-state index contributed by atoms with van der Waals surface area (Å²) < 4.78 is 7.03. The molecule has 0 atom stereocenters. The van der Waals surface area contributed by atoms with Crippen LogP contribution in [0.5, 0.6) is 5.75 Å². The maximum atomic E-state index is 12.9. The van der Waals surface area contributed by atoms with Crippen LogP contribution in [0.15, 0.2) is 78.9 Å². The molecule has 0 aliphatic carbocycles. The number of para-hydroxylation sites is 1. The second-order valence-corrected chi connectivity index (χ2v) is 7.57. The number of nitrogens with zero attached hydrogens (tertiary/aromatic N) is 2. The van der Waals surface area contributed by atoms with Crippen molar-refractivity contribution in [3.05, 3.63) is 101 Å². The first kappa shape index (κ1) is 21.8. The van der Waals surface area contributed by atoms with Crippen LogP contribution in [0.1, 0.15) is 32.1 Å². The lowest BCUT2D eigenvalue weighted by Gasteiger charge is -2.12. The van der Waals surface area contributed by atoms with Gasteiger partial charge in [-0.05, 0) is 68.4 Å². The molecule has 7 nitrogen and oxygen atoms in total. The number of carbonyl (C=O) groups is 2. The Morgan fingerprint density at radius 2 is 1.61 bits per heavy atom. The van der Waals surface area contributed by atoms with Gasteiger partial charge in [-0.1, -0.05) is 18.2 Å². The Kier molecular flexibility index (Phi) is 6.22. The summed E-state index contributed by atoms with van der Waals surface area (Å²) in [6.07, 6.45) is 0. The van der Waals surface area contributed by atoms with Crippen LogP contribution < -0.4 is 15.4 Å². The fourth-order valence-corrected chi connectivity index (χ4v) is 3.53. The summed E-state index contributed by atoms with van der Waals surface area (Å²) in [6.45, 7) is 3.92. The topological polar surface area (TPSA) is 85.3 Å². The number of hydrogen-bond donors (Lipinski definition) is 2. The Hall–Kier alpha value is -4.39. The number of hydrogen-bond acceptors (Lipinski definition) is 4. The van der Waals surface area contributed by atoms with Crippen molar-refractivity contribution in [3.63, 3.8) is 0 Å². The van der Waals surface area contributed by atoms with Crippen molar-refractivity contribution >= 4 is 23.2 Å². The molecule has 2 amide bonds. The predicted octanol–water partition coefficient (Wildman–Crippen LogP) is 5.00. The molecule has 0 aliphatic rings. The summed E-state index contributed by atoms with van der Waals surface area (Å²) in [4.78, 5) is 25.7. The third-order valence-corrected chi connectivity index (χ3v) is 5.13. The number of aromatic nitrogens is 2. The molecule has 1 heterocycles. The SMILES string of the molecule is COc1cccc(NC(=O)c2ccccc2NC(=O)c2ccc(-n3nc(C)cc3C)cc2)c1. The molecular formula is C26H24N4O3. The van der Waals surface area contributed by atoms with E-state index >= 15 is 0 Å². The van der Waals surface area contributed by atoms with E-state index < -0.39 is 0 Å². The molecule has 166 valence electrons. The minimum Gasteiger partial charge on any atom is -0.497 e. The zero-order chi connectivity index (χ0) is 23.4. The van der Waals surface area contributed by atoms with Gasteiger partial charge in [0.15, 0.2) is 0 Å². The molecule has 4 rings (SSSR count). The third kappa shape index (κ3) is 4.93. The van der Waals surface area contributed by atoms with E-state index in [1.165, 1.54) is 0 Å². The molecule has 0 spiro atoms. The van der Waals surface area contributed by atoms with Crippen LogP contribution in [-0.2, 0) is 0 Å². The van der Waals surface area contributed by atoms with E-state index in [2.05, 4.69) is 15.7 Å². The summed E-state index contributed by atoms with van der Waals surface area (Å²) in [6, 6.07) is 23.1. The van der Waals surface area contributed by atoms with Gasteiger partial charge in [0.05, 0.1) is 29.7 Å². The van der Waals surface area contributed by atoms with Crippen LogP contribution in [0, 0.1) is 13.8 Å². The van der Waals surface area contributed by atoms with Gasteiger partial charge in [0.25, 0.3) is 11.8 Å². The van der Waals surface area contributed by atoms with Gasteiger partial charge in [0.2, 0.25) is 0 Å². The van der Waals surface area contributed by atoms with Gasteiger partial charge < -0.3 is 15.4 Å². The molecule has 0 unspecified atom stereocenters. The van der Waals surface area contributed by atoms with Gasteiger partial charge >= 0.3 is 0 Å². The van der Waals surface area contributed by atoms with E-state index in [1.807, 2.05) is 36.7 Å². The van der Waals surface area contributed by atoms with Crippen LogP contribution in [0.2, 0.25) is 0 Å². The maximum Gasteiger partial charge on any atom is 0.257 e. The lowest BCUT2D eigenvalue weighted by atomic mass is 10.1. The van der Waals surface area contributed by atoms with E-state index in [-0.39, 0.29) is 11.8 Å². The highest BCUT2D eigenvalue weighted by atomic mass is 16.5. The molecule has 2 N–H and O–H groups in total. The molecule has 1 aromatic heterocycles. The summed E-state index contributed by atoms with van der Waals surface area (Å²) in [5.74, 6) is -0.00567. The standard InChI is InChI=1S/C26H24N4O3/c1-17-15-18(2)30(29-17)21-13-11-19(12-14-21)25(31)28-24-10-5-4-9-23(24)26(32)27-20-7-6-8-22(16-20)33-3/h4-16H,1-3H3,(H,27,32)(H,28,31). The van der Waals surface area contributed by atoms with E-state index in [4.69, 9.17) is 4.74 Å². The normalized spacial score (nSPS) is 10.5. The summed E-state index contributed by atoms with van der Waals surface area (Å²) in [5.41, 5.74) is 4.66. The van der Waals surface area contributed by atoms with Crippen LogP contribution in [0.3, 0.4) is 0 Å². The second kappa shape index (κ2) is 9.40. The lowest BCUT2D eigenvalue weighted by molar-refractivity contribution is 0.102. The van der Waals surface area contributed by atoms with Gasteiger partial charge in [-0.3, -0.25) is 9.59 Å². The summed E-state index contributed by atoms with van der Waals surface area (Å²) >= 11 is 0. The molecule has 0 bridgehead atoms. The first-order valence-electron chi connectivity index (χ1n) is 10.4. The summed E-state index contributed by atoms with van der Waals surface area (Å²) in [5, 5.41) is 10.1. The molecule has 0 fully saturated rings. The quantitative estimate of drug-likeness (QED) is 0.442. The van der Waals surface area contributed by atoms with Crippen molar-refractivity contribution in [1.82, 2.24) is 9.78 Å². The van der Waals surface area contributed by atoms with Gasteiger partial charge in [0, 0.05) is 23.0 Å². The third-order valence-electron chi connectivity index (χ3n) is 5.13. The predicted molar refractivity (Wildman–Crippen MR) is 128 cm³/mol. The minimum atomic E-state index is -0.334. The molecule has 33 heavy (non-hydrogen) atoms. The monoisotopic (exact) mass is 440 g/mol. The maximum absolute atomic E-state index is 12.9. The van der Waals surface area contributed by atoms with Crippen molar-refractivity contribution < 1.29 is 14.3 Å². The fraction of sp³-hybridized carbons (Fsp3) is 0.115. The molecule has 4 aromatic rings. The number of methoxy groups -OCH3 is 1. The van der Waals surface area contributed by atoms with Crippen LogP contribution in [-0.4, -0.2) is 28.7 Å². The lowest BCUT2D eigenvalue weighted by Crippen LogP contribution is -2.18. The van der Waals surface area contributed by atoms with Gasteiger partial charge in [-0.25, -0.2) is 4.68 Å². The smallest absolute Gasteiger partial charge is 0.257 e. The highest BCUT2D eigenvalue weighted by molar-refractivity contribution is 6.12. The first-order chi connectivity index (χ1) is 15.9. The largest absolute Gasteiger partial charge is 0.497 e. The molecular weight excluding hydrogens is 416 g/mol. The van der Waals surface area contributed by atoms with Crippen molar-refractivity contribution in [2.24, 2.45) is 0 Å². The summed E-state index contributed by atoms with van der Waals surface area (Å²) in [7, 11) is 1.57. The highest BCUT2D eigenvalue weighted by Gasteiger charge is 2.15. The molecule has 3 aromatic carbocycles. The van der Waals surface area contributed by atoms with Crippen LogP contribution >= 0.6 is 0 Å². The van der Waals surface area contributed by atoms with Crippen molar-refractivity contribution in [1.29, 1.82) is 0 Å². The van der Waals surface area contributed by atoms with Crippen LogP contribution in [0.4, 0.5) is 11.4 Å². The van der Waals surface area contributed by atoms with E-state index in [9.17, 15) is 9.59 Å². The zero-order valence-electron chi connectivity index (χ0n) is 18.6. The van der Waals surface area contributed by atoms with Crippen molar-refractivity contribution in [2.75, 3.05) is 17.7 Å². The molecule has 0 aliphatic heterocycles. The molecule has 0 radical (unpaired) electrons. The van der Waals surface area contributed by atoms with Gasteiger partial charge in [0.1, 0.15) is 5.75 Å². The van der Waals surface area contributed by atoms with Gasteiger partial charge in [-0.15, -0.1) is 0 Å². The van der Waals surface area contributed by atoms with E-state index in [0.29, 0.717) is 28.3 Å². The Morgan fingerprint density at radius 1 is 0.848 bits per heavy atom. The minimum absolute atomic E-state index is 0.309. The fourth-order valence-electron chi connectivity index (χ4n) is 3.53. The first-order valence-corrected chi connectivity index (χ1v) is 10.4. The number of carbonyl (C=O) groups excluding carboxylic acids is 2. The average molecular weight is 441 g/mol. The number of rotatable bonds is 6. The van der Waals surface area contributed by atoms with Crippen molar-refractivity contribution in [2.45, 2.75) is 13.8 Å². The van der Waals surface area contributed by atoms with E-state index in [0.717, 1.165) is 17.1 Å².